The zero-order valence-corrected chi connectivity index (χ0v) is 25.1. The second-order valence-corrected chi connectivity index (χ2v) is 10.7. The number of fused-ring (bicyclic) bond motifs is 1. The van der Waals surface area contributed by atoms with Crippen molar-refractivity contribution in [3.8, 4) is 0 Å². The smallest absolute Gasteiger partial charge is 0.323 e. The Balaban J connectivity index is 1.76. The van der Waals surface area contributed by atoms with E-state index in [4.69, 9.17) is 15.2 Å². The fourth-order valence-corrected chi connectivity index (χ4v) is 4.22. The maximum atomic E-state index is 12.4. The van der Waals surface area contributed by atoms with Crippen LogP contribution < -0.4 is 16.6 Å². The molecule has 0 saturated carbocycles. The van der Waals surface area contributed by atoms with Crippen molar-refractivity contribution in [3.63, 3.8) is 0 Å². The van der Waals surface area contributed by atoms with Crippen LogP contribution in [0.25, 0.3) is 11.2 Å². The molecule has 0 bridgehead atoms. The van der Waals surface area contributed by atoms with E-state index in [1.54, 1.807) is 0 Å². The van der Waals surface area contributed by atoms with Gasteiger partial charge in [-0.3, -0.25) is 19.4 Å². The molecule has 2 rings (SSSR count). The van der Waals surface area contributed by atoms with E-state index < -0.39 is 12.0 Å². The maximum absolute atomic E-state index is 12.4. The van der Waals surface area contributed by atoms with E-state index in [0.717, 1.165) is 32.1 Å². The molecule has 0 spiro atoms. The predicted octanol–water partition coefficient (Wildman–Crippen LogP) is 5.00. The number of anilines is 1. The van der Waals surface area contributed by atoms with Crippen LogP contribution in [0, 0.1) is 11.8 Å². The number of hydrogen-bond donors (Lipinski definition) is 4. The number of rotatable bonds is 22. The number of nitrogens with one attached hydrogen (secondary N) is 3. The monoisotopic (exact) mass is 574 g/mol. The van der Waals surface area contributed by atoms with Gasteiger partial charge in [0.1, 0.15) is 6.04 Å². The van der Waals surface area contributed by atoms with Crippen molar-refractivity contribution < 1.29 is 19.1 Å². The van der Waals surface area contributed by atoms with Gasteiger partial charge in [-0.2, -0.15) is 4.98 Å². The highest BCUT2D eigenvalue weighted by Gasteiger charge is 2.22. The molecule has 0 aliphatic carbocycles. The second-order valence-electron chi connectivity index (χ2n) is 10.7. The predicted molar refractivity (Wildman–Crippen MR) is 161 cm³/mol. The Morgan fingerprint density at radius 1 is 1.07 bits per heavy atom. The van der Waals surface area contributed by atoms with Crippen molar-refractivity contribution in [1.82, 2.24) is 19.9 Å². The third-order valence-electron chi connectivity index (χ3n) is 7.28. The molecule has 11 heteroatoms. The first-order valence-corrected chi connectivity index (χ1v) is 15.3. The Morgan fingerprint density at radius 2 is 1.80 bits per heavy atom. The summed E-state index contributed by atoms with van der Waals surface area (Å²) < 4.78 is 11.0. The van der Waals surface area contributed by atoms with Gasteiger partial charge < -0.3 is 25.5 Å². The van der Waals surface area contributed by atoms with Gasteiger partial charge in [0.2, 0.25) is 5.95 Å². The molecule has 2 heterocycles. The lowest BCUT2D eigenvalue weighted by atomic mass is 10.0. The first-order valence-electron chi connectivity index (χ1n) is 15.3. The molecule has 5 N–H and O–H groups in total. The normalized spacial score (nSPS) is 13.8. The Labute approximate surface area is 243 Å². The number of imidazole rings is 1. The van der Waals surface area contributed by atoms with Crippen molar-refractivity contribution in [2.75, 3.05) is 25.1 Å². The van der Waals surface area contributed by atoms with Crippen molar-refractivity contribution in [1.29, 1.82) is 0 Å². The highest BCUT2D eigenvalue weighted by atomic mass is 16.5. The number of allylic oxidation sites excluding steroid dienone is 2. The SMILES string of the molecule is CCCCC=CCCCCCCCC(=O)OCC(CCOC(=O)[C@@H](N)[C@@H](C)CC)CNc1nc2nc[nH]c2c(=O)[nH]1. The van der Waals surface area contributed by atoms with Gasteiger partial charge in [0.15, 0.2) is 11.2 Å². The summed E-state index contributed by atoms with van der Waals surface area (Å²) in [5, 5.41) is 3.09. The average Bonchev–Trinajstić information content (AvgIpc) is 3.45. The van der Waals surface area contributed by atoms with Gasteiger partial charge in [-0.05, 0) is 38.0 Å². The van der Waals surface area contributed by atoms with E-state index in [0.29, 0.717) is 30.6 Å². The highest BCUT2D eigenvalue weighted by molar-refractivity contribution is 5.75. The minimum absolute atomic E-state index is 0.0214. The van der Waals surface area contributed by atoms with E-state index in [1.807, 2.05) is 13.8 Å². The number of esters is 2. The van der Waals surface area contributed by atoms with Gasteiger partial charge in [-0.1, -0.05) is 71.4 Å². The minimum Gasteiger partial charge on any atom is -0.465 e. The molecule has 230 valence electrons. The number of ether oxygens (including phenoxy) is 2. The molecule has 0 saturated heterocycles. The Bertz CT molecular complexity index is 1110. The van der Waals surface area contributed by atoms with Crippen molar-refractivity contribution >= 4 is 29.1 Å². The summed E-state index contributed by atoms with van der Waals surface area (Å²) in [5.41, 5.74) is 6.24. The number of H-pyrrole nitrogens is 2. The van der Waals surface area contributed by atoms with Crippen molar-refractivity contribution in [3.05, 3.63) is 28.8 Å². The fraction of sp³-hybridized carbons (Fsp3) is 0.700. The molecule has 0 amide bonds. The van der Waals surface area contributed by atoms with Crippen LogP contribution in [0.15, 0.2) is 23.3 Å². The molecule has 2 aromatic heterocycles. The number of aromatic amines is 2. The average molecular weight is 575 g/mol. The summed E-state index contributed by atoms with van der Waals surface area (Å²) in [6.45, 7) is 6.73. The number of carbonyl (C=O) groups excluding carboxylic acids is 2. The van der Waals surface area contributed by atoms with Gasteiger partial charge >= 0.3 is 11.9 Å². The molecular formula is C30H50N6O5. The molecular weight excluding hydrogens is 524 g/mol. The van der Waals surface area contributed by atoms with E-state index >= 15 is 0 Å². The molecule has 0 fully saturated rings. The highest BCUT2D eigenvalue weighted by Crippen LogP contribution is 2.13. The van der Waals surface area contributed by atoms with E-state index in [-0.39, 0.29) is 42.5 Å². The molecule has 0 aliphatic rings. The first-order chi connectivity index (χ1) is 19.8. The zero-order valence-electron chi connectivity index (χ0n) is 25.1. The largest absolute Gasteiger partial charge is 0.465 e. The number of nitrogens with two attached hydrogens (primary N) is 1. The number of hydrogen-bond acceptors (Lipinski definition) is 9. The Morgan fingerprint density at radius 3 is 2.56 bits per heavy atom. The fourth-order valence-electron chi connectivity index (χ4n) is 4.22. The molecule has 41 heavy (non-hydrogen) atoms. The lowest BCUT2D eigenvalue weighted by Crippen LogP contribution is -2.38. The van der Waals surface area contributed by atoms with E-state index in [2.05, 4.69) is 44.3 Å². The standard InChI is InChI=1S/C30H50N6O5/c1-4-6-7-8-9-10-11-12-13-14-15-16-24(37)41-20-23(17-18-40-29(39)25(31)22(3)5-2)19-32-30-35-27-26(28(38)36-30)33-21-34-27/h8-9,21-23,25H,4-7,10-20,31H2,1-3H3,(H3,32,33,34,35,36,38)/t22-,23?,25-/m0/s1. The quantitative estimate of drug-likeness (QED) is 0.0860. The molecule has 0 aliphatic heterocycles. The lowest BCUT2D eigenvalue weighted by molar-refractivity contribution is -0.149. The van der Waals surface area contributed by atoms with Crippen LogP contribution in [-0.2, 0) is 19.1 Å². The third-order valence-corrected chi connectivity index (χ3v) is 7.28. The molecule has 1 unspecified atom stereocenters. The third kappa shape index (κ3) is 13.3. The summed E-state index contributed by atoms with van der Waals surface area (Å²) >= 11 is 0. The van der Waals surface area contributed by atoms with Gasteiger partial charge in [0.05, 0.1) is 19.5 Å². The molecule has 3 atom stereocenters. The molecule has 11 nitrogen and oxygen atoms in total. The summed E-state index contributed by atoms with van der Waals surface area (Å²) in [7, 11) is 0. The zero-order chi connectivity index (χ0) is 29.9. The number of nitrogens with zero attached hydrogens (tertiary/aromatic N) is 2. The van der Waals surface area contributed by atoms with E-state index in [1.165, 1.54) is 38.4 Å². The second kappa shape index (κ2) is 19.8. The Kier molecular flexibility index (Phi) is 16.4. The van der Waals surface area contributed by atoms with Crippen molar-refractivity contribution in [2.45, 2.75) is 104 Å². The number of aromatic nitrogens is 4. The first kappa shape index (κ1) is 34.0. The van der Waals surface area contributed by atoms with Gasteiger partial charge in [-0.25, -0.2) is 4.98 Å². The summed E-state index contributed by atoms with van der Waals surface area (Å²) in [4.78, 5) is 50.6. The van der Waals surface area contributed by atoms with Crippen LogP contribution >= 0.6 is 0 Å². The van der Waals surface area contributed by atoms with Crippen LogP contribution in [0.1, 0.15) is 97.8 Å². The van der Waals surface area contributed by atoms with Crippen molar-refractivity contribution in [2.24, 2.45) is 17.6 Å². The summed E-state index contributed by atoms with van der Waals surface area (Å²) in [6.07, 6.45) is 17.6. The summed E-state index contributed by atoms with van der Waals surface area (Å²) in [5.74, 6) is -0.580. The van der Waals surface area contributed by atoms with Crippen LogP contribution in [0.5, 0.6) is 0 Å². The Hall–Kier alpha value is -3.21. The van der Waals surface area contributed by atoms with Crippen LogP contribution in [-0.4, -0.2) is 57.7 Å². The van der Waals surface area contributed by atoms with Gasteiger partial charge in [0, 0.05) is 18.9 Å². The van der Waals surface area contributed by atoms with Crippen LogP contribution in [0.2, 0.25) is 0 Å². The van der Waals surface area contributed by atoms with Gasteiger partial charge in [-0.15, -0.1) is 0 Å². The summed E-state index contributed by atoms with van der Waals surface area (Å²) in [6, 6.07) is -0.675. The molecule has 0 radical (unpaired) electrons. The van der Waals surface area contributed by atoms with Gasteiger partial charge in [0.25, 0.3) is 5.56 Å². The molecule has 2 aromatic rings. The lowest BCUT2D eigenvalue weighted by Gasteiger charge is -2.20. The molecule has 0 aromatic carbocycles. The maximum Gasteiger partial charge on any atom is 0.323 e. The minimum atomic E-state index is -0.675. The topological polar surface area (TPSA) is 165 Å². The van der Waals surface area contributed by atoms with Crippen LogP contribution in [0.4, 0.5) is 5.95 Å². The number of unbranched alkanes of at least 4 members (excludes halogenated alkanes) is 7. The van der Waals surface area contributed by atoms with Crippen LogP contribution in [0.3, 0.4) is 0 Å². The number of carbonyl (C=O) groups is 2. The van der Waals surface area contributed by atoms with E-state index in [9.17, 15) is 14.4 Å².